The van der Waals surface area contributed by atoms with Crippen LogP contribution in [0, 0.1) is 5.82 Å². The first-order valence-electron chi connectivity index (χ1n) is 5.69. The fourth-order valence-electron chi connectivity index (χ4n) is 1.63. The molecule has 7 heteroatoms. The van der Waals surface area contributed by atoms with E-state index in [1.807, 2.05) is 0 Å². The maximum atomic E-state index is 13.6. The second-order valence-corrected chi connectivity index (χ2v) is 6.12. The third kappa shape index (κ3) is 3.94. The number of hydrogen-bond donors (Lipinski definition) is 2. The van der Waals surface area contributed by atoms with Crippen LogP contribution in [0.4, 0.5) is 10.1 Å². The van der Waals surface area contributed by atoms with Crippen molar-refractivity contribution in [3.8, 4) is 0 Å². The predicted octanol–water partition coefficient (Wildman–Crippen LogP) is 2.15. The third-order valence-corrected chi connectivity index (χ3v) is 4.15. The van der Waals surface area contributed by atoms with Gasteiger partial charge < -0.3 is 10.6 Å². The summed E-state index contributed by atoms with van der Waals surface area (Å²) in [4.78, 5) is 23.4. The van der Waals surface area contributed by atoms with Gasteiger partial charge in [-0.25, -0.2) is 4.39 Å². The molecule has 2 amide bonds. The number of amides is 2. The Bertz CT molecular complexity index is 513. The zero-order chi connectivity index (χ0) is 13.8. The minimum Gasteiger partial charge on any atom is -0.343 e. The molecular formula is C12H12BrFN2O2S. The molecule has 1 atom stereocenters. The fourth-order valence-corrected chi connectivity index (χ4v) is 2.93. The Morgan fingerprint density at radius 2 is 2.32 bits per heavy atom. The Morgan fingerprint density at radius 3 is 3.05 bits per heavy atom. The third-order valence-electron chi connectivity index (χ3n) is 2.60. The summed E-state index contributed by atoms with van der Waals surface area (Å²) in [5, 5.41) is 5.12. The van der Waals surface area contributed by atoms with Crippen LogP contribution in [0.15, 0.2) is 22.7 Å². The number of thioether (sulfide) groups is 1. The highest BCUT2D eigenvalue weighted by molar-refractivity contribution is 9.10. The zero-order valence-corrected chi connectivity index (χ0v) is 12.3. The lowest BCUT2D eigenvalue weighted by molar-refractivity contribution is -0.125. The van der Waals surface area contributed by atoms with Gasteiger partial charge in [-0.1, -0.05) is 15.9 Å². The van der Waals surface area contributed by atoms with Crippen LogP contribution < -0.4 is 10.6 Å². The number of benzene rings is 1. The van der Waals surface area contributed by atoms with Crippen LogP contribution in [-0.4, -0.2) is 29.4 Å². The van der Waals surface area contributed by atoms with Gasteiger partial charge in [-0.05, 0) is 18.2 Å². The van der Waals surface area contributed by atoms with E-state index in [1.54, 1.807) is 6.07 Å². The SMILES string of the molecule is O=C1CCSC[C@H](C(=O)Nc2ccc(Br)cc2F)N1. The molecule has 1 aromatic rings. The first-order chi connectivity index (χ1) is 9.06. The molecule has 102 valence electrons. The number of hydrogen-bond acceptors (Lipinski definition) is 3. The lowest BCUT2D eigenvalue weighted by atomic mass is 10.2. The van der Waals surface area contributed by atoms with Gasteiger partial charge in [0.2, 0.25) is 11.8 Å². The maximum absolute atomic E-state index is 13.6. The van der Waals surface area contributed by atoms with E-state index in [0.29, 0.717) is 22.4 Å². The van der Waals surface area contributed by atoms with E-state index >= 15 is 0 Å². The molecule has 0 aliphatic carbocycles. The van der Waals surface area contributed by atoms with Gasteiger partial charge in [0.25, 0.3) is 0 Å². The molecule has 1 aliphatic rings. The largest absolute Gasteiger partial charge is 0.343 e. The Hall–Kier alpha value is -1.08. The molecule has 0 aromatic heterocycles. The van der Waals surface area contributed by atoms with Crippen LogP contribution >= 0.6 is 27.7 Å². The van der Waals surface area contributed by atoms with Crippen LogP contribution in [0.1, 0.15) is 6.42 Å². The molecule has 0 saturated carbocycles. The van der Waals surface area contributed by atoms with E-state index in [1.165, 1.54) is 23.9 Å². The van der Waals surface area contributed by atoms with Crippen molar-refractivity contribution in [3.05, 3.63) is 28.5 Å². The summed E-state index contributed by atoms with van der Waals surface area (Å²) in [6, 6.07) is 3.76. The van der Waals surface area contributed by atoms with E-state index in [0.717, 1.165) is 0 Å². The van der Waals surface area contributed by atoms with Gasteiger partial charge in [-0.2, -0.15) is 11.8 Å². The molecule has 2 N–H and O–H groups in total. The van der Waals surface area contributed by atoms with E-state index < -0.39 is 17.8 Å². The van der Waals surface area contributed by atoms with Gasteiger partial charge in [-0.15, -0.1) is 0 Å². The summed E-state index contributed by atoms with van der Waals surface area (Å²) in [6.07, 6.45) is 0.404. The summed E-state index contributed by atoms with van der Waals surface area (Å²) in [7, 11) is 0. The molecule has 2 rings (SSSR count). The van der Waals surface area contributed by atoms with Crippen molar-refractivity contribution in [2.24, 2.45) is 0 Å². The van der Waals surface area contributed by atoms with Crippen LogP contribution in [0.5, 0.6) is 0 Å². The van der Waals surface area contributed by atoms with E-state index in [2.05, 4.69) is 26.6 Å². The van der Waals surface area contributed by atoms with Gasteiger partial charge >= 0.3 is 0 Å². The molecule has 1 saturated heterocycles. The minimum absolute atomic E-state index is 0.108. The molecule has 0 radical (unpaired) electrons. The molecule has 1 aliphatic heterocycles. The molecule has 1 heterocycles. The smallest absolute Gasteiger partial charge is 0.247 e. The van der Waals surface area contributed by atoms with Gasteiger partial charge in [-0.3, -0.25) is 9.59 Å². The van der Waals surface area contributed by atoms with Crippen molar-refractivity contribution in [1.82, 2.24) is 5.32 Å². The zero-order valence-electron chi connectivity index (χ0n) is 9.91. The number of rotatable bonds is 2. The number of carbonyl (C=O) groups is 2. The standard InChI is InChI=1S/C12H12BrFN2O2S/c13-7-1-2-9(8(14)5-7)16-12(18)10-6-19-4-3-11(17)15-10/h1-2,5,10H,3-4,6H2,(H,15,17)(H,16,18)/t10-/m1/s1. The molecule has 0 bridgehead atoms. The van der Waals surface area contributed by atoms with Crippen LogP contribution in [0.2, 0.25) is 0 Å². The van der Waals surface area contributed by atoms with Gasteiger partial charge in [0, 0.05) is 22.4 Å². The van der Waals surface area contributed by atoms with Crippen molar-refractivity contribution in [2.75, 3.05) is 16.8 Å². The molecule has 0 spiro atoms. The molecule has 1 fully saturated rings. The summed E-state index contributed by atoms with van der Waals surface area (Å²) in [5.74, 6) is 0.124. The predicted molar refractivity (Wildman–Crippen MR) is 76.6 cm³/mol. The Labute approximate surface area is 122 Å². The van der Waals surface area contributed by atoms with E-state index in [4.69, 9.17) is 0 Å². The molecule has 0 unspecified atom stereocenters. The minimum atomic E-state index is -0.622. The monoisotopic (exact) mass is 346 g/mol. The summed E-state index contributed by atoms with van der Waals surface area (Å²) in [5.41, 5.74) is 0.108. The molecule has 4 nitrogen and oxygen atoms in total. The van der Waals surface area contributed by atoms with Crippen molar-refractivity contribution in [3.63, 3.8) is 0 Å². The molecular weight excluding hydrogens is 335 g/mol. The first-order valence-corrected chi connectivity index (χ1v) is 7.64. The maximum Gasteiger partial charge on any atom is 0.247 e. The quantitative estimate of drug-likeness (QED) is 0.862. The number of anilines is 1. The van der Waals surface area contributed by atoms with Crippen molar-refractivity contribution < 1.29 is 14.0 Å². The van der Waals surface area contributed by atoms with Crippen LogP contribution in [0.25, 0.3) is 0 Å². The number of nitrogens with one attached hydrogen (secondary N) is 2. The van der Waals surface area contributed by atoms with Crippen molar-refractivity contribution >= 4 is 45.2 Å². The Kier molecular flexibility index (Phi) is 4.81. The highest BCUT2D eigenvalue weighted by Crippen LogP contribution is 2.20. The second-order valence-electron chi connectivity index (χ2n) is 4.06. The topological polar surface area (TPSA) is 58.2 Å². The van der Waals surface area contributed by atoms with Crippen LogP contribution in [-0.2, 0) is 9.59 Å². The first kappa shape index (κ1) is 14.3. The normalized spacial score (nSPS) is 19.5. The molecule has 1 aromatic carbocycles. The average Bonchev–Trinajstić information content (AvgIpc) is 2.57. The summed E-state index contributed by atoms with van der Waals surface area (Å²) >= 11 is 4.67. The van der Waals surface area contributed by atoms with E-state index in [9.17, 15) is 14.0 Å². The highest BCUT2D eigenvalue weighted by atomic mass is 79.9. The summed E-state index contributed by atoms with van der Waals surface area (Å²) < 4.78 is 14.2. The molecule has 19 heavy (non-hydrogen) atoms. The van der Waals surface area contributed by atoms with Crippen molar-refractivity contribution in [1.29, 1.82) is 0 Å². The van der Waals surface area contributed by atoms with Gasteiger partial charge in [0.15, 0.2) is 0 Å². The van der Waals surface area contributed by atoms with Crippen molar-refractivity contribution in [2.45, 2.75) is 12.5 Å². The fraction of sp³-hybridized carbons (Fsp3) is 0.333. The number of halogens is 2. The highest BCUT2D eigenvalue weighted by Gasteiger charge is 2.24. The van der Waals surface area contributed by atoms with Gasteiger partial charge in [0.05, 0.1) is 5.69 Å². The lowest BCUT2D eigenvalue weighted by Crippen LogP contribution is -2.44. The average molecular weight is 347 g/mol. The number of carbonyl (C=O) groups excluding carboxylic acids is 2. The van der Waals surface area contributed by atoms with Gasteiger partial charge in [0.1, 0.15) is 11.9 Å². The van der Waals surface area contributed by atoms with Crippen LogP contribution in [0.3, 0.4) is 0 Å². The summed E-state index contributed by atoms with van der Waals surface area (Å²) in [6.45, 7) is 0. The lowest BCUT2D eigenvalue weighted by Gasteiger charge is -2.15. The second kappa shape index (κ2) is 6.38. The Balaban J connectivity index is 2.05. The van der Waals surface area contributed by atoms with E-state index in [-0.39, 0.29) is 11.6 Å². The Morgan fingerprint density at radius 1 is 1.53 bits per heavy atom.